The van der Waals surface area contributed by atoms with Crippen LogP contribution < -0.4 is 10.1 Å². The second-order valence-electron chi connectivity index (χ2n) is 5.05. The smallest absolute Gasteiger partial charge is 0.340 e. The fourth-order valence-corrected chi connectivity index (χ4v) is 2.30. The van der Waals surface area contributed by atoms with Gasteiger partial charge >= 0.3 is 5.97 Å². The van der Waals surface area contributed by atoms with Gasteiger partial charge in [-0.3, -0.25) is 14.8 Å². The number of para-hydroxylation sites is 3. The molecular formula is C18H15N3O4. The normalized spacial score (nSPS) is 10.3. The average molecular weight is 337 g/mol. The third-order valence-electron chi connectivity index (χ3n) is 3.43. The molecule has 0 saturated heterocycles. The highest BCUT2D eigenvalue weighted by Crippen LogP contribution is 2.22. The zero-order chi connectivity index (χ0) is 17.6. The summed E-state index contributed by atoms with van der Waals surface area (Å²) in [5, 5.41) is 2.64. The molecule has 1 N–H and O–H groups in total. The molecule has 3 aromatic rings. The van der Waals surface area contributed by atoms with E-state index < -0.39 is 18.5 Å². The fraction of sp³-hybridized carbons (Fsp3) is 0.111. The number of methoxy groups -OCH3 is 1. The van der Waals surface area contributed by atoms with Crippen LogP contribution in [-0.4, -0.2) is 35.6 Å². The van der Waals surface area contributed by atoms with Crippen LogP contribution in [0.1, 0.15) is 10.4 Å². The molecule has 1 aromatic heterocycles. The van der Waals surface area contributed by atoms with E-state index in [4.69, 9.17) is 9.47 Å². The van der Waals surface area contributed by atoms with E-state index in [1.54, 1.807) is 42.5 Å². The molecule has 0 spiro atoms. The minimum atomic E-state index is -0.638. The largest absolute Gasteiger partial charge is 0.495 e. The Labute approximate surface area is 143 Å². The summed E-state index contributed by atoms with van der Waals surface area (Å²) in [5.74, 6) is -0.586. The van der Waals surface area contributed by atoms with Gasteiger partial charge in [-0.15, -0.1) is 0 Å². The van der Waals surface area contributed by atoms with Gasteiger partial charge in [-0.05, 0) is 24.3 Å². The number of hydrogen-bond donors (Lipinski definition) is 1. The van der Waals surface area contributed by atoms with Crippen molar-refractivity contribution in [1.29, 1.82) is 0 Å². The van der Waals surface area contributed by atoms with Crippen LogP contribution in [0.4, 0.5) is 5.69 Å². The first-order chi connectivity index (χ1) is 12.2. The van der Waals surface area contributed by atoms with Gasteiger partial charge < -0.3 is 14.8 Å². The number of nitrogens with one attached hydrogen (secondary N) is 1. The Morgan fingerprint density at radius 3 is 2.68 bits per heavy atom. The Bertz CT molecular complexity index is 922. The topological polar surface area (TPSA) is 90.4 Å². The summed E-state index contributed by atoms with van der Waals surface area (Å²) < 4.78 is 10.2. The van der Waals surface area contributed by atoms with E-state index in [2.05, 4.69) is 15.3 Å². The number of carbonyl (C=O) groups is 2. The Kier molecular flexibility index (Phi) is 4.84. The van der Waals surface area contributed by atoms with Crippen molar-refractivity contribution in [3.8, 4) is 5.75 Å². The van der Waals surface area contributed by atoms with Crippen LogP contribution in [0, 0.1) is 0 Å². The molecule has 126 valence electrons. The van der Waals surface area contributed by atoms with E-state index in [9.17, 15) is 9.59 Å². The van der Waals surface area contributed by atoms with Gasteiger partial charge in [0.05, 0.1) is 23.9 Å². The third kappa shape index (κ3) is 3.72. The van der Waals surface area contributed by atoms with Crippen molar-refractivity contribution in [3.63, 3.8) is 0 Å². The molecule has 3 rings (SSSR count). The fourth-order valence-electron chi connectivity index (χ4n) is 2.30. The van der Waals surface area contributed by atoms with Gasteiger partial charge in [0.25, 0.3) is 5.91 Å². The lowest BCUT2D eigenvalue weighted by Gasteiger charge is -2.10. The summed E-state index contributed by atoms with van der Waals surface area (Å²) in [5.41, 5.74) is 1.77. The highest BCUT2D eigenvalue weighted by atomic mass is 16.5. The summed E-state index contributed by atoms with van der Waals surface area (Å²) in [4.78, 5) is 32.5. The number of carbonyl (C=O) groups excluding carboxylic acids is 2. The molecule has 0 fully saturated rings. The third-order valence-corrected chi connectivity index (χ3v) is 3.43. The summed E-state index contributed by atoms with van der Waals surface area (Å²) >= 11 is 0. The van der Waals surface area contributed by atoms with Crippen LogP contribution in [0.2, 0.25) is 0 Å². The molecule has 0 aliphatic rings. The van der Waals surface area contributed by atoms with Crippen molar-refractivity contribution >= 4 is 28.6 Å². The van der Waals surface area contributed by atoms with Gasteiger partial charge in [-0.2, -0.15) is 0 Å². The van der Waals surface area contributed by atoms with Crippen molar-refractivity contribution in [2.45, 2.75) is 0 Å². The molecule has 1 heterocycles. The Hall–Kier alpha value is -3.48. The minimum absolute atomic E-state index is 0.260. The molecule has 0 bridgehead atoms. The lowest BCUT2D eigenvalue weighted by Crippen LogP contribution is -2.21. The number of ether oxygens (including phenoxy) is 2. The molecule has 1 amide bonds. The van der Waals surface area contributed by atoms with E-state index in [0.717, 1.165) is 0 Å². The monoisotopic (exact) mass is 337 g/mol. The van der Waals surface area contributed by atoms with Crippen molar-refractivity contribution in [1.82, 2.24) is 9.97 Å². The van der Waals surface area contributed by atoms with E-state index >= 15 is 0 Å². The maximum Gasteiger partial charge on any atom is 0.340 e. The van der Waals surface area contributed by atoms with E-state index in [1.165, 1.54) is 19.5 Å². The Balaban J connectivity index is 1.66. The van der Waals surface area contributed by atoms with Crippen molar-refractivity contribution < 1.29 is 19.1 Å². The lowest BCUT2D eigenvalue weighted by atomic mass is 10.2. The molecule has 0 atom stereocenters. The maximum atomic E-state index is 12.2. The first kappa shape index (κ1) is 16.4. The second kappa shape index (κ2) is 7.39. The van der Waals surface area contributed by atoms with Crippen LogP contribution in [0.25, 0.3) is 11.0 Å². The molecule has 0 aliphatic carbocycles. The van der Waals surface area contributed by atoms with E-state index in [0.29, 0.717) is 22.5 Å². The van der Waals surface area contributed by atoms with Crippen LogP contribution in [-0.2, 0) is 9.53 Å². The zero-order valence-electron chi connectivity index (χ0n) is 13.4. The molecular weight excluding hydrogens is 322 g/mol. The number of rotatable bonds is 5. The van der Waals surface area contributed by atoms with Gasteiger partial charge in [-0.25, -0.2) is 4.79 Å². The lowest BCUT2D eigenvalue weighted by molar-refractivity contribution is -0.119. The average Bonchev–Trinajstić information content (AvgIpc) is 2.66. The number of anilines is 1. The predicted octanol–water partition coefficient (Wildman–Crippen LogP) is 2.43. The minimum Gasteiger partial charge on any atom is -0.495 e. The summed E-state index contributed by atoms with van der Waals surface area (Å²) in [6.45, 7) is -0.423. The van der Waals surface area contributed by atoms with E-state index in [1.807, 2.05) is 0 Å². The Morgan fingerprint density at radius 1 is 1.04 bits per heavy atom. The summed E-state index contributed by atoms with van der Waals surface area (Å²) in [7, 11) is 1.51. The molecule has 7 nitrogen and oxygen atoms in total. The molecule has 0 unspecified atom stereocenters. The second-order valence-corrected chi connectivity index (χ2v) is 5.05. The van der Waals surface area contributed by atoms with Crippen LogP contribution in [0.15, 0.2) is 54.9 Å². The zero-order valence-corrected chi connectivity index (χ0v) is 13.4. The maximum absolute atomic E-state index is 12.2. The quantitative estimate of drug-likeness (QED) is 0.719. The van der Waals surface area contributed by atoms with Crippen molar-refractivity contribution in [3.05, 3.63) is 60.4 Å². The molecule has 2 aromatic carbocycles. The van der Waals surface area contributed by atoms with Gasteiger partial charge in [0.15, 0.2) is 6.61 Å². The molecule has 0 radical (unpaired) electrons. The standard InChI is InChI=1S/C18H15N3O4/c1-24-15-8-3-2-6-13(15)21-16(22)11-25-18(23)12-5-4-7-14-17(12)20-10-9-19-14/h2-10H,11H2,1H3,(H,21,22). The first-order valence-corrected chi connectivity index (χ1v) is 7.49. The summed E-state index contributed by atoms with van der Waals surface area (Å²) in [6, 6.07) is 12.0. The number of aromatic nitrogens is 2. The number of nitrogens with zero attached hydrogens (tertiary/aromatic N) is 2. The SMILES string of the molecule is COc1ccccc1NC(=O)COC(=O)c1cccc2nccnc12. The van der Waals surface area contributed by atoms with Crippen molar-refractivity contribution in [2.75, 3.05) is 19.0 Å². The Morgan fingerprint density at radius 2 is 1.84 bits per heavy atom. The predicted molar refractivity (Wildman–Crippen MR) is 91.4 cm³/mol. The van der Waals surface area contributed by atoms with Crippen LogP contribution in [0.3, 0.4) is 0 Å². The highest BCUT2D eigenvalue weighted by molar-refractivity contribution is 6.03. The van der Waals surface area contributed by atoms with Gasteiger partial charge in [0, 0.05) is 12.4 Å². The molecule has 0 aliphatic heterocycles. The van der Waals surface area contributed by atoms with Crippen LogP contribution in [0.5, 0.6) is 5.75 Å². The molecule has 25 heavy (non-hydrogen) atoms. The van der Waals surface area contributed by atoms with Gasteiger partial charge in [0.1, 0.15) is 11.3 Å². The van der Waals surface area contributed by atoms with Crippen LogP contribution >= 0.6 is 0 Å². The first-order valence-electron chi connectivity index (χ1n) is 7.49. The number of hydrogen-bond acceptors (Lipinski definition) is 6. The molecule has 0 saturated carbocycles. The number of esters is 1. The van der Waals surface area contributed by atoms with E-state index in [-0.39, 0.29) is 5.56 Å². The number of benzene rings is 2. The van der Waals surface area contributed by atoms with Crippen molar-refractivity contribution in [2.24, 2.45) is 0 Å². The number of amides is 1. The molecule has 7 heteroatoms. The summed E-state index contributed by atoms with van der Waals surface area (Å²) in [6.07, 6.45) is 3.03. The van der Waals surface area contributed by atoms with Gasteiger partial charge in [0.2, 0.25) is 0 Å². The number of fused-ring (bicyclic) bond motifs is 1. The van der Waals surface area contributed by atoms with Gasteiger partial charge in [-0.1, -0.05) is 18.2 Å². The highest BCUT2D eigenvalue weighted by Gasteiger charge is 2.15.